The van der Waals surface area contributed by atoms with Gasteiger partial charge in [-0.25, -0.2) is 0 Å². The molecule has 0 heterocycles. The summed E-state index contributed by atoms with van der Waals surface area (Å²) in [6, 6.07) is 0.730. The van der Waals surface area contributed by atoms with Gasteiger partial charge >= 0.3 is 5.97 Å². The molecule has 0 amide bonds. The predicted octanol–water partition coefficient (Wildman–Crippen LogP) is 2.41. The van der Waals surface area contributed by atoms with Crippen molar-refractivity contribution in [2.75, 3.05) is 0 Å². The van der Waals surface area contributed by atoms with E-state index in [2.05, 4.69) is 19.2 Å². The Bertz CT molecular complexity index is 275. The zero-order valence-corrected chi connectivity index (χ0v) is 10.3. The van der Waals surface area contributed by atoms with Crippen LogP contribution in [-0.2, 0) is 4.79 Å². The highest BCUT2D eigenvalue weighted by molar-refractivity contribution is 5.72. The Morgan fingerprint density at radius 1 is 1.25 bits per heavy atom. The van der Waals surface area contributed by atoms with Gasteiger partial charge in [-0.05, 0) is 31.1 Å². The van der Waals surface area contributed by atoms with E-state index >= 15 is 0 Å². The SMILES string of the molecule is CC1(C)CCCCC1NC1CCC1C(=O)O. The zero-order valence-electron chi connectivity index (χ0n) is 10.3. The predicted molar refractivity (Wildman–Crippen MR) is 63.3 cm³/mol. The lowest BCUT2D eigenvalue weighted by Crippen LogP contribution is -2.56. The molecule has 3 heteroatoms. The molecule has 92 valence electrons. The molecule has 2 saturated carbocycles. The van der Waals surface area contributed by atoms with Crippen LogP contribution in [0.2, 0.25) is 0 Å². The standard InChI is InChI=1S/C13H23NO2/c1-13(2)8-4-3-5-11(13)14-10-7-6-9(10)12(15)16/h9-11,14H,3-8H2,1-2H3,(H,15,16). The van der Waals surface area contributed by atoms with Crippen molar-refractivity contribution in [1.29, 1.82) is 0 Å². The molecular formula is C13H23NO2. The van der Waals surface area contributed by atoms with Crippen molar-refractivity contribution in [1.82, 2.24) is 5.32 Å². The number of carboxylic acids is 1. The third-order valence-electron chi connectivity index (χ3n) is 4.51. The van der Waals surface area contributed by atoms with E-state index in [9.17, 15) is 4.79 Å². The van der Waals surface area contributed by atoms with Crippen LogP contribution < -0.4 is 5.32 Å². The summed E-state index contributed by atoms with van der Waals surface area (Å²) in [6.07, 6.45) is 6.94. The number of rotatable bonds is 3. The molecular weight excluding hydrogens is 202 g/mol. The van der Waals surface area contributed by atoms with Gasteiger partial charge in [0.2, 0.25) is 0 Å². The first kappa shape index (κ1) is 11.9. The summed E-state index contributed by atoms with van der Waals surface area (Å²) < 4.78 is 0. The summed E-state index contributed by atoms with van der Waals surface area (Å²) >= 11 is 0. The second kappa shape index (κ2) is 4.36. The molecule has 2 fully saturated rings. The third kappa shape index (κ3) is 2.24. The first-order chi connectivity index (χ1) is 7.50. The van der Waals surface area contributed by atoms with Crippen molar-refractivity contribution < 1.29 is 9.90 Å². The summed E-state index contributed by atoms with van der Waals surface area (Å²) in [5.74, 6) is -0.768. The van der Waals surface area contributed by atoms with Crippen LogP contribution in [0.5, 0.6) is 0 Å². The molecule has 0 aromatic carbocycles. The molecule has 3 unspecified atom stereocenters. The Morgan fingerprint density at radius 2 is 2.00 bits per heavy atom. The Balaban J connectivity index is 1.91. The molecule has 2 aliphatic carbocycles. The maximum absolute atomic E-state index is 11.0. The van der Waals surface area contributed by atoms with E-state index in [1.807, 2.05) is 0 Å². The van der Waals surface area contributed by atoms with Crippen molar-refractivity contribution in [3.8, 4) is 0 Å². The van der Waals surface area contributed by atoms with E-state index in [1.54, 1.807) is 0 Å². The Kier molecular flexibility index (Phi) is 3.24. The second-order valence-electron chi connectivity index (χ2n) is 6.08. The highest BCUT2D eigenvalue weighted by Crippen LogP contribution is 2.38. The van der Waals surface area contributed by atoms with Gasteiger partial charge in [0.25, 0.3) is 0 Å². The van der Waals surface area contributed by atoms with Crippen LogP contribution >= 0.6 is 0 Å². The fraction of sp³-hybridized carbons (Fsp3) is 0.923. The minimum absolute atomic E-state index is 0.141. The van der Waals surface area contributed by atoms with E-state index in [0.717, 1.165) is 12.8 Å². The smallest absolute Gasteiger partial charge is 0.308 e. The van der Waals surface area contributed by atoms with Gasteiger partial charge in [-0.3, -0.25) is 4.79 Å². The molecule has 2 rings (SSSR count). The number of hydrogen-bond donors (Lipinski definition) is 2. The normalized spacial score (nSPS) is 37.8. The number of carbonyl (C=O) groups is 1. The molecule has 2 aliphatic rings. The van der Waals surface area contributed by atoms with E-state index in [-0.39, 0.29) is 12.0 Å². The summed E-state index contributed by atoms with van der Waals surface area (Å²) in [5.41, 5.74) is 0.330. The van der Waals surface area contributed by atoms with Gasteiger partial charge in [-0.1, -0.05) is 26.7 Å². The molecule has 0 saturated heterocycles. The molecule has 16 heavy (non-hydrogen) atoms. The number of nitrogens with one attached hydrogen (secondary N) is 1. The molecule has 2 N–H and O–H groups in total. The highest BCUT2D eigenvalue weighted by atomic mass is 16.4. The van der Waals surface area contributed by atoms with Gasteiger partial charge in [-0.2, -0.15) is 0 Å². The van der Waals surface area contributed by atoms with E-state index in [1.165, 1.54) is 25.7 Å². The zero-order chi connectivity index (χ0) is 11.8. The molecule has 0 bridgehead atoms. The average molecular weight is 225 g/mol. The lowest BCUT2D eigenvalue weighted by Gasteiger charge is -2.45. The highest BCUT2D eigenvalue weighted by Gasteiger charge is 2.41. The first-order valence-corrected chi connectivity index (χ1v) is 6.49. The fourth-order valence-electron chi connectivity index (χ4n) is 3.06. The number of aliphatic carboxylic acids is 1. The molecule has 0 aromatic heterocycles. The minimum Gasteiger partial charge on any atom is -0.481 e. The van der Waals surface area contributed by atoms with Crippen LogP contribution in [0.4, 0.5) is 0 Å². The van der Waals surface area contributed by atoms with Crippen LogP contribution in [0, 0.1) is 11.3 Å². The van der Waals surface area contributed by atoms with Crippen LogP contribution in [0.15, 0.2) is 0 Å². The molecule has 3 atom stereocenters. The third-order valence-corrected chi connectivity index (χ3v) is 4.51. The molecule has 0 aromatic rings. The van der Waals surface area contributed by atoms with Gasteiger partial charge in [0, 0.05) is 12.1 Å². The van der Waals surface area contributed by atoms with E-state index in [4.69, 9.17) is 5.11 Å². The van der Waals surface area contributed by atoms with Crippen molar-refractivity contribution in [3.05, 3.63) is 0 Å². The maximum atomic E-state index is 11.0. The quantitative estimate of drug-likeness (QED) is 0.775. The van der Waals surface area contributed by atoms with Crippen molar-refractivity contribution >= 4 is 5.97 Å². The van der Waals surface area contributed by atoms with Gasteiger partial charge in [-0.15, -0.1) is 0 Å². The Morgan fingerprint density at radius 3 is 2.50 bits per heavy atom. The monoisotopic (exact) mass is 225 g/mol. The molecule has 0 spiro atoms. The van der Waals surface area contributed by atoms with E-state index in [0.29, 0.717) is 11.5 Å². The number of hydrogen-bond acceptors (Lipinski definition) is 2. The Labute approximate surface area is 97.6 Å². The van der Waals surface area contributed by atoms with Crippen LogP contribution in [-0.4, -0.2) is 23.2 Å². The average Bonchev–Trinajstić information content (AvgIpc) is 2.12. The minimum atomic E-state index is -0.627. The maximum Gasteiger partial charge on any atom is 0.308 e. The van der Waals surface area contributed by atoms with Crippen molar-refractivity contribution in [2.24, 2.45) is 11.3 Å². The van der Waals surface area contributed by atoms with Gasteiger partial charge in [0.15, 0.2) is 0 Å². The first-order valence-electron chi connectivity index (χ1n) is 6.49. The van der Waals surface area contributed by atoms with Gasteiger partial charge in [0.05, 0.1) is 5.92 Å². The number of carboxylic acid groups (broad SMARTS) is 1. The molecule has 0 aliphatic heterocycles. The van der Waals surface area contributed by atoms with Gasteiger partial charge in [0.1, 0.15) is 0 Å². The molecule has 0 radical (unpaired) electrons. The summed E-state index contributed by atoms with van der Waals surface area (Å²) in [7, 11) is 0. The van der Waals surface area contributed by atoms with E-state index < -0.39 is 5.97 Å². The summed E-state index contributed by atoms with van der Waals surface area (Å²) in [5, 5.41) is 12.6. The fourth-order valence-corrected chi connectivity index (χ4v) is 3.06. The lowest BCUT2D eigenvalue weighted by molar-refractivity contribution is -0.146. The van der Waals surface area contributed by atoms with Crippen LogP contribution in [0.25, 0.3) is 0 Å². The van der Waals surface area contributed by atoms with Crippen molar-refractivity contribution in [2.45, 2.75) is 64.5 Å². The van der Waals surface area contributed by atoms with Gasteiger partial charge < -0.3 is 10.4 Å². The molecule has 3 nitrogen and oxygen atoms in total. The topological polar surface area (TPSA) is 49.3 Å². The lowest BCUT2D eigenvalue weighted by atomic mass is 9.71. The Hall–Kier alpha value is -0.570. The summed E-state index contributed by atoms with van der Waals surface area (Å²) in [4.78, 5) is 11.0. The van der Waals surface area contributed by atoms with Crippen LogP contribution in [0.3, 0.4) is 0 Å². The second-order valence-corrected chi connectivity index (χ2v) is 6.08. The summed E-state index contributed by atoms with van der Waals surface area (Å²) in [6.45, 7) is 4.61. The largest absolute Gasteiger partial charge is 0.481 e. The van der Waals surface area contributed by atoms with Crippen LogP contribution in [0.1, 0.15) is 52.4 Å². The van der Waals surface area contributed by atoms with Crippen molar-refractivity contribution in [3.63, 3.8) is 0 Å².